The number of nitrogens with one attached hydrogen (secondary N) is 4. The molecule has 0 heterocycles. The fourth-order valence-corrected chi connectivity index (χ4v) is 3.82. The SMILES string of the molecule is CCOC(=O)C=CC(=O)N(CC(=O)O)NC(=O)C(NC(=O)C(CCC(=O)O)NC(=O)C(CC(=O)O)NC(=O)OCc1ccccc1)C(C)C. The van der Waals surface area contributed by atoms with Crippen molar-refractivity contribution in [3.8, 4) is 0 Å². The molecule has 3 atom stereocenters. The second-order valence-electron chi connectivity index (χ2n) is 10.5. The quantitative estimate of drug-likeness (QED) is 0.0537. The van der Waals surface area contributed by atoms with E-state index in [0.717, 1.165) is 0 Å². The number of hydrogen-bond donors (Lipinski definition) is 7. The summed E-state index contributed by atoms with van der Waals surface area (Å²) >= 11 is 0. The number of rotatable bonds is 19. The van der Waals surface area contributed by atoms with Crippen LogP contribution in [0, 0.1) is 5.92 Å². The molecule has 0 aliphatic heterocycles. The van der Waals surface area contributed by atoms with Gasteiger partial charge in [0, 0.05) is 18.6 Å². The van der Waals surface area contributed by atoms with Crippen LogP contribution in [0.4, 0.5) is 4.79 Å². The lowest BCUT2D eigenvalue weighted by atomic mass is 10.0. The van der Waals surface area contributed by atoms with E-state index in [-0.39, 0.29) is 13.2 Å². The molecule has 0 aromatic heterocycles. The number of ether oxygens (including phenoxy) is 2. The molecule has 1 aromatic rings. The molecule has 19 nitrogen and oxygen atoms in total. The van der Waals surface area contributed by atoms with E-state index in [0.29, 0.717) is 22.7 Å². The summed E-state index contributed by atoms with van der Waals surface area (Å²) in [6, 6.07) is 3.44. The van der Waals surface area contributed by atoms with Crippen LogP contribution >= 0.6 is 0 Å². The van der Waals surface area contributed by atoms with Crippen molar-refractivity contribution in [3.63, 3.8) is 0 Å². The van der Waals surface area contributed by atoms with E-state index in [9.17, 15) is 58.5 Å². The van der Waals surface area contributed by atoms with Gasteiger partial charge in [-0.05, 0) is 24.8 Å². The fourth-order valence-electron chi connectivity index (χ4n) is 3.82. The van der Waals surface area contributed by atoms with Crippen molar-refractivity contribution in [1.29, 1.82) is 0 Å². The summed E-state index contributed by atoms with van der Waals surface area (Å²) in [5.74, 6) is -10.6. The Labute approximate surface area is 279 Å². The van der Waals surface area contributed by atoms with E-state index in [4.69, 9.17) is 4.74 Å². The lowest BCUT2D eigenvalue weighted by molar-refractivity contribution is -0.148. The number of amides is 5. The number of hydrogen-bond acceptors (Lipinski definition) is 11. The van der Waals surface area contributed by atoms with Gasteiger partial charge in [-0.3, -0.25) is 39.0 Å². The third-order valence-electron chi connectivity index (χ3n) is 6.18. The molecule has 19 heteroatoms. The average Bonchev–Trinajstić information content (AvgIpc) is 3.02. The molecule has 3 unspecified atom stereocenters. The normalized spacial score (nSPS) is 12.5. The van der Waals surface area contributed by atoms with Gasteiger partial charge in [-0.1, -0.05) is 44.2 Å². The summed E-state index contributed by atoms with van der Waals surface area (Å²) in [6.07, 6.45) is -1.96. The van der Waals surface area contributed by atoms with Crippen molar-refractivity contribution in [2.75, 3.05) is 13.2 Å². The predicted octanol–water partition coefficient (Wildman–Crippen LogP) is -0.690. The predicted molar refractivity (Wildman–Crippen MR) is 165 cm³/mol. The molecule has 1 rings (SSSR count). The van der Waals surface area contributed by atoms with E-state index in [2.05, 4.69) is 20.7 Å². The van der Waals surface area contributed by atoms with Gasteiger partial charge in [0.15, 0.2) is 0 Å². The smallest absolute Gasteiger partial charge is 0.408 e. The zero-order chi connectivity index (χ0) is 37.1. The number of aliphatic carboxylic acids is 3. The Morgan fingerprint density at radius 3 is 1.96 bits per heavy atom. The monoisotopic (exact) mass is 693 g/mol. The van der Waals surface area contributed by atoms with Crippen LogP contribution in [-0.4, -0.2) is 105 Å². The van der Waals surface area contributed by atoms with Gasteiger partial charge < -0.3 is 40.7 Å². The molecular formula is C30H39N5O14. The molecule has 0 bridgehead atoms. The largest absolute Gasteiger partial charge is 0.481 e. The number of carbonyl (C=O) groups excluding carboxylic acids is 6. The maximum Gasteiger partial charge on any atom is 0.408 e. The number of benzene rings is 1. The van der Waals surface area contributed by atoms with Crippen LogP contribution in [0.1, 0.15) is 45.6 Å². The first-order valence-electron chi connectivity index (χ1n) is 14.7. The number of hydrazine groups is 1. The highest BCUT2D eigenvalue weighted by molar-refractivity contribution is 5.98. The molecule has 268 valence electrons. The van der Waals surface area contributed by atoms with Crippen molar-refractivity contribution in [2.45, 2.75) is 64.8 Å². The summed E-state index contributed by atoms with van der Waals surface area (Å²) in [4.78, 5) is 110. The van der Waals surface area contributed by atoms with Gasteiger partial charge in [-0.2, -0.15) is 0 Å². The highest BCUT2D eigenvalue weighted by atomic mass is 16.5. The molecular weight excluding hydrogens is 654 g/mol. The zero-order valence-electron chi connectivity index (χ0n) is 26.9. The van der Waals surface area contributed by atoms with Crippen LogP contribution in [0.3, 0.4) is 0 Å². The molecule has 0 fully saturated rings. The zero-order valence-corrected chi connectivity index (χ0v) is 26.9. The highest BCUT2D eigenvalue weighted by Gasteiger charge is 2.33. The van der Waals surface area contributed by atoms with Gasteiger partial charge in [-0.25, -0.2) is 14.6 Å². The topological polar surface area (TPSA) is 284 Å². The Morgan fingerprint density at radius 2 is 1.41 bits per heavy atom. The Kier molecular flexibility index (Phi) is 17.6. The minimum atomic E-state index is -1.77. The summed E-state index contributed by atoms with van der Waals surface area (Å²) in [7, 11) is 0. The number of carbonyl (C=O) groups is 9. The maximum atomic E-state index is 13.3. The van der Waals surface area contributed by atoms with Crippen molar-refractivity contribution in [2.24, 2.45) is 5.92 Å². The molecule has 7 N–H and O–H groups in total. The second-order valence-corrected chi connectivity index (χ2v) is 10.5. The average molecular weight is 694 g/mol. The van der Waals surface area contributed by atoms with Crippen LogP contribution in [0.2, 0.25) is 0 Å². The minimum absolute atomic E-state index is 0.00531. The standard InChI is InChI=1S/C30H39N5O14/c1-4-48-25(43)13-11-21(36)35(15-24(41)42)34-29(46)26(17(2)3)33-27(44)19(10-12-22(37)38)31-28(45)20(14-23(39)40)32-30(47)49-16-18-8-6-5-7-9-18/h5-9,11,13,17,19-20,26H,4,10,12,14-16H2,1-3H3,(H,31,45)(H,32,47)(H,33,44)(H,34,46)(H,37,38)(H,39,40)(H,41,42). The Bertz CT molecular complexity index is 1400. The van der Waals surface area contributed by atoms with Gasteiger partial charge in [0.05, 0.1) is 13.0 Å². The van der Waals surface area contributed by atoms with Gasteiger partial charge in [0.1, 0.15) is 31.3 Å². The first kappa shape index (κ1) is 41.0. The molecule has 0 saturated carbocycles. The number of nitrogens with zero attached hydrogens (tertiary/aromatic N) is 1. The lowest BCUT2D eigenvalue weighted by Gasteiger charge is -2.28. The highest BCUT2D eigenvalue weighted by Crippen LogP contribution is 2.08. The second kappa shape index (κ2) is 21.0. The third kappa shape index (κ3) is 16.4. The number of alkyl carbamates (subject to hydrolysis) is 1. The summed E-state index contributed by atoms with van der Waals surface area (Å²) in [5, 5.41) is 34.6. The molecule has 0 saturated heterocycles. The van der Waals surface area contributed by atoms with Crippen LogP contribution in [0.25, 0.3) is 0 Å². The number of carboxylic acid groups (broad SMARTS) is 3. The molecule has 1 aromatic carbocycles. The van der Waals surface area contributed by atoms with Crippen molar-refractivity contribution in [1.82, 2.24) is 26.4 Å². The van der Waals surface area contributed by atoms with E-state index in [1.54, 1.807) is 30.3 Å². The molecule has 0 radical (unpaired) electrons. The van der Waals surface area contributed by atoms with E-state index >= 15 is 0 Å². The Hall–Kier alpha value is -6.01. The lowest BCUT2D eigenvalue weighted by Crippen LogP contribution is -2.60. The van der Waals surface area contributed by atoms with Gasteiger partial charge in [0.25, 0.3) is 11.8 Å². The van der Waals surface area contributed by atoms with E-state index < -0.39 is 103 Å². The van der Waals surface area contributed by atoms with Crippen molar-refractivity contribution >= 4 is 53.6 Å². The van der Waals surface area contributed by atoms with E-state index in [1.807, 2.05) is 5.43 Å². The summed E-state index contributed by atoms with van der Waals surface area (Å²) < 4.78 is 9.66. The third-order valence-corrected chi connectivity index (χ3v) is 6.18. The maximum absolute atomic E-state index is 13.3. The Balaban J connectivity index is 3.14. The van der Waals surface area contributed by atoms with E-state index in [1.165, 1.54) is 20.8 Å². The first-order chi connectivity index (χ1) is 23.0. The van der Waals surface area contributed by atoms with Crippen LogP contribution in [0.15, 0.2) is 42.5 Å². The van der Waals surface area contributed by atoms with Gasteiger partial charge >= 0.3 is 30.0 Å². The molecule has 49 heavy (non-hydrogen) atoms. The first-order valence-corrected chi connectivity index (χ1v) is 14.7. The number of esters is 1. The van der Waals surface area contributed by atoms with Crippen LogP contribution in [0.5, 0.6) is 0 Å². The van der Waals surface area contributed by atoms with Crippen molar-refractivity contribution in [3.05, 3.63) is 48.0 Å². The molecule has 0 aliphatic carbocycles. The molecule has 5 amide bonds. The minimum Gasteiger partial charge on any atom is -0.481 e. The van der Waals surface area contributed by atoms with Crippen molar-refractivity contribution < 1.29 is 67.9 Å². The van der Waals surface area contributed by atoms with Gasteiger partial charge in [-0.15, -0.1) is 0 Å². The Morgan fingerprint density at radius 1 is 0.776 bits per heavy atom. The fraction of sp³-hybridized carbons (Fsp3) is 0.433. The molecule has 0 spiro atoms. The van der Waals surface area contributed by atoms with Crippen LogP contribution in [-0.2, 0) is 54.4 Å². The molecule has 0 aliphatic rings. The summed E-state index contributed by atoms with van der Waals surface area (Å²) in [6.45, 7) is 3.17. The van der Waals surface area contributed by atoms with Crippen LogP contribution < -0.4 is 21.4 Å². The van der Waals surface area contributed by atoms with Gasteiger partial charge in [0.2, 0.25) is 11.8 Å². The number of carboxylic acids is 3. The summed E-state index contributed by atoms with van der Waals surface area (Å²) in [5.41, 5.74) is 2.64.